The van der Waals surface area contributed by atoms with Gasteiger partial charge in [-0.15, -0.1) is 0 Å². The molecular formula is C19H21N3O3. The van der Waals surface area contributed by atoms with Crippen LogP contribution in [-0.4, -0.2) is 29.6 Å². The normalized spacial score (nSPS) is 17.0. The molecule has 1 atom stereocenters. The minimum absolute atomic E-state index is 0.160. The molecule has 3 rings (SSSR count). The van der Waals surface area contributed by atoms with Gasteiger partial charge in [0.1, 0.15) is 12.6 Å². The average molecular weight is 339 g/mol. The molecule has 0 radical (unpaired) electrons. The Morgan fingerprint density at radius 2 is 1.76 bits per heavy atom. The average Bonchev–Trinajstić information content (AvgIpc) is 2.68. The number of amides is 2. The number of carbonyl (C=O) groups excluding carboxylic acids is 2. The van der Waals surface area contributed by atoms with Crippen LogP contribution in [0.3, 0.4) is 0 Å². The van der Waals surface area contributed by atoms with Crippen molar-refractivity contribution in [2.75, 3.05) is 11.9 Å². The van der Waals surface area contributed by atoms with Crippen molar-refractivity contribution in [3.05, 3.63) is 66.2 Å². The molecule has 6 heteroatoms. The first-order valence-corrected chi connectivity index (χ1v) is 8.33. The van der Waals surface area contributed by atoms with Crippen molar-refractivity contribution in [1.82, 2.24) is 10.4 Å². The van der Waals surface area contributed by atoms with Gasteiger partial charge in [0.05, 0.1) is 0 Å². The summed E-state index contributed by atoms with van der Waals surface area (Å²) in [5.74, 6) is -0.160. The van der Waals surface area contributed by atoms with Crippen LogP contribution in [-0.2, 0) is 16.1 Å². The third-order valence-corrected chi connectivity index (χ3v) is 3.97. The van der Waals surface area contributed by atoms with Gasteiger partial charge in [0.15, 0.2) is 0 Å². The van der Waals surface area contributed by atoms with E-state index in [-0.39, 0.29) is 12.5 Å². The van der Waals surface area contributed by atoms with Crippen LogP contribution in [0.15, 0.2) is 60.7 Å². The third kappa shape index (κ3) is 4.81. The number of hydrogen-bond acceptors (Lipinski definition) is 4. The third-order valence-electron chi connectivity index (χ3n) is 3.97. The molecule has 2 aromatic carbocycles. The number of hydrogen-bond donors (Lipinski definition) is 2. The molecule has 25 heavy (non-hydrogen) atoms. The highest BCUT2D eigenvalue weighted by Gasteiger charge is 2.28. The lowest BCUT2D eigenvalue weighted by molar-refractivity contribution is -0.120. The van der Waals surface area contributed by atoms with E-state index in [0.717, 1.165) is 17.7 Å². The molecule has 2 N–H and O–H groups in total. The van der Waals surface area contributed by atoms with Crippen molar-refractivity contribution in [1.29, 1.82) is 0 Å². The Labute approximate surface area is 146 Å². The fourth-order valence-corrected chi connectivity index (χ4v) is 2.65. The standard InChI is InChI=1S/C19H21N3O3/c23-18(20-16-10-5-2-6-11-16)17-12-7-13-22(21-17)19(24)25-14-15-8-3-1-4-9-15/h1-6,8-11,17,21H,7,12-14H2,(H,20,23)/t17-/m0/s1. The minimum atomic E-state index is -0.471. The van der Waals surface area contributed by atoms with Gasteiger partial charge < -0.3 is 10.1 Å². The zero-order valence-corrected chi connectivity index (χ0v) is 13.9. The molecule has 0 unspecified atom stereocenters. The Bertz CT molecular complexity index is 706. The Kier molecular flexibility index (Phi) is 5.64. The summed E-state index contributed by atoms with van der Waals surface area (Å²) in [4.78, 5) is 24.6. The lowest BCUT2D eigenvalue weighted by Gasteiger charge is -2.32. The fourth-order valence-electron chi connectivity index (χ4n) is 2.65. The number of para-hydroxylation sites is 1. The van der Waals surface area contributed by atoms with Crippen molar-refractivity contribution in [3.8, 4) is 0 Å². The molecule has 1 heterocycles. The van der Waals surface area contributed by atoms with Gasteiger partial charge in [-0.05, 0) is 30.5 Å². The SMILES string of the molecule is O=C(Nc1ccccc1)[C@@H]1CCCN(C(=O)OCc2ccccc2)N1. The molecule has 6 nitrogen and oxygen atoms in total. The fraction of sp³-hybridized carbons (Fsp3) is 0.263. The first kappa shape index (κ1) is 17.0. The van der Waals surface area contributed by atoms with E-state index in [1.165, 1.54) is 5.01 Å². The lowest BCUT2D eigenvalue weighted by Crippen LogP contribution is -2.56. The Balaban J connectivity index is 1.51. The van der Waals surface area contributed by atoms with E-state index in [0.29, 0.717) is 13.0 Å². The van der Waals surface area contributed by atoms with E-state index in [9.17, 15) is 9.59 Å². The number of rotatable bonds is 4. The predicted octanol–water partition coefficient (Wildman–Crippen LogP) is 2.93. The number of nitrogens with one attached hydrogen (secondary N) is 2. The van der Waals surface area contributed by atoms with Crippen LogP contribution in [0.1, 0.15) is 18.4 Å². The summed E-state index contributed by atoms with van der Waals surface area (Å²) in [7, 11) is 0. The smallest absolute Gasteiger partial charge is 0.424 e. The number of anilines is 1. The second-order valence-corrected chi connectivity index (χ2v) is 5.87. The van der Waals surface area contributed by atoms with Crippen LogP contribution in [0.25, 0.3) is 0 Å². The maximum absolute atomic E-state index is 12.4. The highest BCUT2D eigenvalue weighted by molar-refractivity contribution is 5.95. The highest BCUT2D eigenvalue weighted by Crippen LogP contribution is 2.13. The summed E-state index contributed by atoms with van der Waals surface area (Å²) >= 11 is 0. The Morgan fingerprint density at radius 1 is 1.08 bits per heavy atom. The topological polar surface area (TPSA) is 70.7 Å². The van der Waals surface area contributed by atoms with Crippen molar-refractivity contribution in [2.45, 2.75) is 25.5 Å². The van der Waals surface area contributed by atoms with Gasteiger partial charge in [0.2, 0.25) is 5.91 Å². The first-order valence-electron chi connectivity index (χ1n) is 8.33. The van der Waals surface area contributed by atoms with Gasteiger partial charge in [-0.25, -0.2) is 15.2 Å². The predicted molar refractivity (Wildman–Crippen MR) is 94.6 cm³/mol. The molecule has 130 valence electrons. The molecule has 0 spiro atoms. The molecule has 0 aliphatic carbocycles. The first-order chi connectivity index (χ1) is 12.2. The molecule has 1 aliphatic rings. The second kappa shape index (κ2) is 8.30. The largest absolute Gasteiger partial charge is 0.444 e. The molecule has 2 amide bonds. The van der Waals surface area contributed by atoms with Crippen LogP contribution >= 0.6 is 0 Å². The second-order valence-electron chi connectivity index (χ2n) is 5.87. The van der Waals surface area contributed by atoms with E-state index in [1.54, 1.807) is 0 Å². The van der Waals surface area contributed by atoms with Gasteiger partial charge in [-0.1, -0.05) is 48.5 Å². The van der Waals surface area contributed by atoms with Crippen LogP contribution in [0.5, 0.6) is 0 Å². The maximum atomic E-state index is 12.4. The zero-order chi connectivity index (χ0) is 17.5. The number of hydrazine groups is 1. The maximum Gasteiger partial charge on any atom is 0.424 e. The summed E-state index contributed by atoms with van der Waals surface area (Å²) in [5, 5.41) is 4.23. The number of nitrogens with zero attached hydrogens (tertiary/aromatic N) is 1. The van der Waals surface area contributed by atoms with Crippen LogP contribution < -0.4 is 10.7 Å². The summed E-state index contributed by atoms with van der Waals surface area (Å²) < 4.78 is 5.31. The van der Waals surface area contributed by atoms with Gasteiger partial charge in [0.25, 0.3) is 0 Å². The van der Waals surface area contributed by atoms with Gasteiger partial charge >= 0.3 is 6.09 Å². The Hall–Kier alpha value is -2.86. The molecule has 0 bridgehead atoms. The minimum Gasteiger partial charge on any atom is -0.444 e. The monoisotopic (exact) mass is 339 g/mol. The van der Waals surface area contributed by atoms with Crippen LogP contribution in [0.2, 0.25) is 0 Å². The van der Waals surface area contributed by atoms with Gasteiger partial charge in [0, 0.05) is 12.2 Å². The highest BCUT2D eigenvalue weighted by atomic mass is 16.6. The van der Waals surface area contributed by atoms with E-state index >= 15 is 0 Å². The number of benzene rings is 2. The van der Waals surface area contributed by atoms with Crippen LogP contribution in [0, 0.1) is 0 Å². The quantitative estimate of drug-likeness (QED) is 0.898. The molecule has 1 fully saturated rings. The molecular weight excluding hydrogens is 318 g/mol. The summed E-state index contributed by atoms with van der Waals surface area (Å²) in [6, 6.07) is 18.3. The molecule has 2 aromatic rings. The lowest BCUT2D eigenvalue weighted by atomic mass is 10.1. The molecule has 1 aliphatic heterocycles. The molecule has 1 saturated heterocycles. The summed E-state index contributed by atoms with van der Waals surface area (Å²) in [6.45, 7) is 0.724. The van der Waals surface area contributed by atoms with Crippen LogP contribution in [0.4, 0.5) is 10.5 Å². The van der Waals surface area contributed by atoms with E-state index in [2.05, 4.69) is 10.7 Å². The van der Waals surface area contributed by atoms with E-state index in [1.807, 2.05) is 60.7 Å². The summed E-state index contributed by atoms with van der Waals surface area (Å²) in [6.07, 6.45) is 0.933. The van der Waals surface area contributed by atoms with Gasteiger partial charge in [-0.2, -0.15) is 0 Å². The molecule has 0 aromatic heterocycles. The van der Waals surface area contributed by atoms with E-state index < -0.39 is 12.1 Å². The zero-order valence-electron chi connectivity index (χ0n) is 13.9. The molecule has 0 saturated carbocycles. The number of carbonyl (C=O) groups is 2. The van der Waals surface area contributed by atoms with Crippen molar-refractivity contribution in [3.63, 3.8) is 0 Å². The van der Waals surface area contributed by atoms with Crippen molar-refractivity contribution < 1.29 is 14.3 Å². The van der Waals surface area contributed by atoms with Gasteiger partial charge in [-0.3, -0.25) is 4.79 Å². The summed E-state index contributed by atoms with van der Waals surface area (Å²) in [5.41, 5.74) is 4.61. The Morgan fingerprint density at radius 3 is 2.48 bits per heavy atom. The van der Waals surface area contributed by atoms with Crippen molar-refractivity contribution >= 4 is 17.7 Å². The van der Waals surface area contributed by atoms with E-state index in [4.69, 9.17) is 4.74 Å². The van der Waals surface area contributed by atoms with Crippen molar-refractivity contribution in [2.24, 2.45) is 0 Å². The number of ether oxygens (including phenoxy) is 1.